The molecule has 1 fully saturated rings. The van der Waals surface area contributed by atoms with Gasteiger partial charge >= 0.3 is 11.6 Å². The maximum Gasteiger partial charge on any atom is 0.349 e. The van der Waals surface area contributed by atoms with Crippen molar-refractivity contribution in [1.29, 1.82) is 0 Å². The molecular formula is C10H13F2N3O4. The number of ether oxygens (including phenoxy) is 1. The number of aliphatic hydroxyl groups is 2. The highest BCUT2D eigenvalue weighted by Gasteiger charge is 2.58. The summed E-state index contributed by atoms with van der Waals surface area (Å²) in [5.74, 6) is -3.58. The number of hydrogen-bond donors (Lipinski definition) is 3. The predicted octanol–water partition coefficient (Wildman–Crippen LogP) is -1.42. The van der Waals surface area contributed by atoms with Crippen molar-refractivity contribution in [3.05, 3.63) is 22.7 Å². The largest absolute Gasteiger partial charge is 0.394 e. The fraction of sp³-hybridized carbons (Fsp3) is 0.600. The van der Waals surface area contributed by atoms with Crippen LogP contribution < -0.4 is 11.4 Å². The van der Waals surface area contributed by atoms with Crippen molar-refractivity contribution >= 4 is 5.82 Å². The molecule has 9 heteroatoms. The minimum atomic E-state index is -3.56. The molecule has 19 heavy (non-hydrogen) atoms. The van der Waals surface area contributed by atoms with E-state index in [9.17, 15) is 18.7 Å². The quantitative estimate of drug-likeness (QED) is 0.625. The van der Waals surface area contributed by atoms with Crippen molar-refractivity contribution < 1.29 is 23.7 Å². The van der Waals surface area contributed by atoms with Crippen LogP contribution in [-0.2, 0) is 11.3 Å². The van der Waals surface area contributed by atoms with Gasteiger partial charge in [0.1, 0.15) is 24.1 Å². The van der Waals surface area contributed by atoms with Gasteiger partial charge in [-0.15, -0.1) is 0 Å². The lowest BCUT2D eigenvalue weighted by Crippen LogP contribution is -2.43. The Morgan fingerprint density at radius 1 is 1.58 bits per heavy atom. The number of nitrogen functional groups attached to an aromatic ring is 1. The molecule has 7 nitrogen and oxygen atoms in total. The summed E-state index contributed by atoms with van der Waals surface area (Å²) < 4.78 is 33.1. The monoisotopic (exact) mass is 277 g/mol. The zero-order chi connectivity index (χ0) is 14.2. The average Bonchev–Trinajstić information content (AvgIpc) is 2.56. The molecular weight excluding hydrogens is 264 g/mol. The van der Waals surface area contributed by atoms with E-state index in [2.05, 4.69) is 4.98 Å². The number of halogens is 2. The Morgan fingerprint density at radius 3 is 2.79 bits per heavy atom. The van der Waals surface area contributed by atoms with Crippen molar-refractivity contribution in [3.63, 3.8) is 0 Å². The Hall–Kier alpha value is -1.58. The van der Waals surface area contributed by atoms with Gasteiger partial charge in [0.05, 0.1) is 13.2 Å². The molecule has 2 rings (SSSR count). The zero-order valence-electron chi connectivity index (χ0n) is 9.74. The summed E-state index contributed by atoms with van der Waals surface area (Å²) in [4.78, 5) is 14.8. The molecule has 0 saturated carbocycles. The Labute approximate surface area is 106 Å². The van der Waals surface area contributed by atoms with E-state index in [-0.39, 0.29) is 5.82 Å². The Balaban J connectivity index is 2.21. The Morgan fingerprint density at radius 2 is 2.26 bits per heavy atom. The number of alkyl halides is 2. The highest BCUT2D eigenvalue weighted by atomic mass is 19.3. The molecule has 2 heterocycles. The van der Waals surface area contributed by atoms with Gasteiger partial charge in [0, 0.05) is 6.20 Å². The predicted molar refractivity (Wildman–Crippen MR) is 59.6 cm³/mol. The lowest BCUT2D eigenvalue weighted by molar-refractivity contribution is -0.115. The smallest absolute Gasteiger partial charge is 0.349 e. The lowest BCUT2D eigenvalue weighted by Gasteiger charge is -2.20. The second-order valence-corrected chi connectivity index (χ2v) is 4.25. The van der Waals surface area contributed by atoms with Crippen LogP contribution in [0, 0.1) is 0 Å². The third kappa shape index (κ3) is 2.44. The van der Waals surface area contributed by atoms with E-state index in [0.717, 1.165) is 4.57 Å². The van der Waals surface area contributed by atoms with E-state index in [0.29, 0.717) is 0 Å². The minimum Gasteiger partial charge on any atom is -0.394 e. The lowest BCUT2D eigenvalue weighted by atomic mass is 10.1. The van der Waals surface area contributed by atoms with E-state index in [1.165, 1.54) is 12.3 Å². The van der Waals surface area contributed by atoms with Crippen LogP contribution in [-0.4, -0.2) is 50.6 Å². The van der Waals surface area contributed by atoms with Crippen molar-refractivity contribution in [3.8, 4) is 0 Å². The molecule has 0 radical (unpaired) electrons. The molecule has 0 aromatic carbocycles. The van der Waals surface area contributed by atoms with Crippen molar-refractivity contribution in [2.24, 2.45) is 0 Å². The van der Waals surface area contributed by atoms with E-state index in [1.54, 1.807) is 0 Å². The molecule has 3 atom stereocenters. The molecule has 0 amide bonds. The van der Waals surface area contributed by atoms with E-state index >= 15 is 0 Å². The second kappa shape index (κ2) is 4.83. The summed E-state index contributed by atoms with van der Waals surface area (Å²) >= 11 is 0. The normalized spacial score (nSPS) is 29.6. The fourth-order valence-corrected chi connectivity index (χ4v) is 1.88. The summed E-state index contributed by atoms with van der Waals surface area (Å²) in [6, 6.07) is 1.29. The molecule has 1 aromatic rings. The number of anilines is 1. The van der Waals surface area contributed by atoms with Gasteiger partial charge in [0.15, 0.2) is 0 Å². The molecule has 0 bridgehead atoms. The zero-order valence-corrected chi connectivity index (χ0v) is 9.74. The van der Waals surface area contributed by atoms with Crippen LogP contribution in [0.4, 0.5) is 14.6 Å². The SMILES string of the molecule is Nc1ccn(CC2OC(CO)C(O)C2(F)F)c(=O)n1. The third-order valence-electron chi connectivity index (χ3n) is 2.95. The van der Waals surface area contributed by atoms with Gasteiger partial charge in [-0.1, -0.05) is 0 Å². The Bertz CT molecular complexity index is 522. The van der Waals surface area contributed by atoms with Crippen LogP contribution in [0.25, 0.3) is 0 Å². The first-order valence-corrected chi connectivity index (χ1v) is 5.51. The molecule has 106 valence electrons. The number of nitrogens with zero attached hydrogens (tertiary/aromatic N) is 2. The number of aliphatic hydroxyl groups excluding tert-OH is 2. The molecule has 0 aliphatic carbocycles. The first-order valence-electron chi connectivity index (χ1n) is 5.51. The second-order valence-electron chi connectivity index (χ2n) is 4.25. The van der Waals surface area contributed by atoms with Crippen LogP contribution in [0.5, 0.6) is 0 Å². The first-order chi connectivity index (χ1) is 8.86. The number of rotatable bonds is 3. The van der Waals surface area contributed by atoms with Crippen LogP contribution in [0.15, 0.2) is 17.1 Å². The molecule has 3 unspecified atom stereocenters. The van der Waals surface area contributed by atoms with E-state index in [1.807, 2.05) is 0 Å². The number of nitrogens with two attached hydrogens (primary N) is 1. The Kier molecular flexibility index (Phi) is 3.52. The van der Waals surface area contributed by atoms with E-state index in [4.69, 9.17) is 15.6 Å². The van der Waals surface area contributed by atoms with Crippen LogP contribution in [0.1, 0.15) is 0 Å². The number of aromatic nitrogens is 2. The highest BCUT2D eigenvalue weighted by molar-refractivity contribution is 5.23. The molecule has 4 N–H and O–H groups in total. The highest BCUT2D eigenvalue weighted by Crippen LogP contribution is 2.36. The molecule has 1 aliphatic rings. The van der Waals surface area contributed by atoms with Gasteiger partial charge in [0.2, 0.25) is 0 Å². The van der Waals surface area contributed by atoms with Crippen LogP contribution in [0.3, 0.4) is 0 Å². The fourth-order valence-electron chi connectivity index (χ4n) is 1.88. The summed E-state index contributed by atoms with van der Waals surface area (Å²) in [5.41, 5.74) is 4.49. The van der Waals surface area contributed by atoms with E-state index < -0.39 is 43.1 Å². The van der Waals surface area contributed by atoms with Gasteiger partial charge < -0.3 is 20.7 Å². The summed E-state index contributed by atoms with van der Waals surface area (Å²) in [6.45, 7) is -1.23. The topological polar surface area (TPSA) is 111 Å². The minimum absolute atomic E-state index is 0.0198. The van der Waals surface area contributed by atoms with Crippen LogP contribution >= 0.6 is 0 Å². The standard InChI is InChI=1S/C10H13F2N3O4/c11-10(12)6(19-5(4-16)8(10)17)3-15-2-1-7(13)14-9(15)18/h1-2,5-6,8,16-17H,3-4H2,(H2,13,14,18). The third-order valence-corrected chi connectivity index (χ3v) is 2.95. The summed E-state index contributed by atoms with van der Waals surface area (Å²) in [7, 11) is 0. The molecule has 1 aliphatic heterocycles. The van der Waals surface area contributed by atoms with Crippen LogP contribution in [0.2, 0.25) is 0 Å². The molecule has 0 spiro atoms. The van der Waals surface area contributed by atoms with Crippen molar-refractivity contribution in [1.82, 2.24) is 9.55 Å². The maximum atomic E-state index is 13.7. The van der Waals surface area contributed by atoms with Crippen molar-refractivity contribution in [2.75, 3.05) is 12.3 Å². The van der Waals surface area contributed by atoms with Crippen molar-refractivity contribution in [2.45, 2.75) is 30.8 Å². The summed E-state index contributed by atoms with van der Waals surface area (Å²) in [5, 5.41) is 18.1. The first kappa shape index (κ1) is 13.8. The summed E-state index contributed by atoms with van der Waals surface area (Å²) in [6.07, 6.45) is -4.00. The van der Waals surface area contributed by atoms with Gasteiger partial charge in [-0.2, -0.15) is 4.98 Å². The van der Waals surface area contributed by atoms with Gasteiger partial charge in [-0.05, 0) is 6.07 Å². The van der Waals surface area contributed by atoms with Gasteiger partial charge in [-0.3, -0.25) is 4.57 Å². The van der Waals surface area contributed by atoms with Gasteiger partial charge in [-0.25, -0.2) is 13.6 Å². The maximum absolute atomic E-state index is 13.7. The molecule has 1 aromatic heterocycles. The molecule has 1 saturated heterocycles. The average molecular weight is 277 g/mol. The van der Waals surface area contributed by atoms with Gasteiger partial charge in [0.25, 0.3) is 0 Å². The number of hydrogen-bond acceptors (Lipinski definition) is 6.